The van der Waals surface area contributed by atoms with Gasteiger partial charge in [-0.25, -0.2) is 0 Å². The largest absolute Gasteiger partial charge is 0.673 e. The maximum absolute atomic E-state index is 9.75. The van der Waals surface area contributed by atoms with Crippen molar-refractivity contribution in [2.45, 2.75) is 0 Å². The number of rotatable bonds is 4. The molecule has 2 N–H and O–H groups in total. The molecule has 0 aliphatic carbocycles. The lowest BCUT2D eigenvalue weighted by Crippen LogP contribution is -2.39. The summed E-state index contributed by atoms with van der Waals surface area (Å²) >= 11 is 1.51. The summed E-state index contributed by atoms with van der Waals surface area (Å²) < 4.78 is 39.0. The van der Waals surface area contributed by atoms with Crippen LogP contribution >= 0.6 is 18.6 Å². The van der Waals surface area contributed by atoms with Crippen molar-refractivity contribution in [3.8, 4) is 0 Å². The number of halogens is 4. The SMILES string of the molecule is F[B-](F)(F)F.Nc1nc([P+](c2ccccc2)(c2ccccc2)c2ccccc2)cs1. The Labute approximate surface area is 176 Å². The monoisotopic (exact) mass is 448 g/mol. The Kier molecular flexibility index (Phi) is 6.90. The highest BCUT2D eigenvalue weighted by Crippen LogP contribution is 2.54. The second kappa shape index (κ2) is 9.41. The molecule has 0 aliphatic heterocycles. The predicted molar refractivity (Wildman–Crippen MR) is 121 cm³/mol. The average molecular weight is 448 g/mol. The van der Waals surface area contributed by atoms with Crippen molar-refractivity contribution in [1.82, 2.24) is 4.98 Å². The molecule has 0 amide bonds. The first kappa shape index (κ1) is 22.0. The van der Waals surface area contributed by atoms with Crippen LogP contribution in [-0.2, 0) is 0 Å². The fourth-order valence-corrected chi connectivity index (χ4v) is 8.32. The van der Waals surface area contributed by atoms with Gasteiger partial charge in [0.15, 0.2) is 12.4 Å². The van der Waals surface area contributed by atoms with Gasteiger partial charge in [0.1, 0.15) is 15.9 Å². The summed E-state index contributed by atoms with van der Waals surface area (Å²) in [5.74, 6) is 0. The second-order valence-corrected chi connectivity index (χ2v) is 10.5. The summed E-state index contributed by atoms with van der Waals surface area (Å²) in [5.41, 5.74) is 7.10. The van der Waals surface area contributed by atoms with Gasteiger partial charge in [-0.15, -0.1) is 11.3 Å². The van der Waals surface area contributed by atoms with Crippen molar-refractivity contribution >= 4 is 52.3 Å². The number of anilines is 1. The number of nitrogen functional groups attached to an aromatic ring is 1. The lowest BCUT2D eigenvalue weighted by Gasteiger charge is -2.25. The first-order valence-electron chi connectivity index (χ1n) is 8.96. The molecule has 4 rings (SSSR count). The van der Waals surface area contributed by atoms with Crippen LogP contribution < -0.4 is 27.1 Å². The lowest BCUT2D eigenvalue weighted by molar-refractivity contribution is 0.368. The molecule has 0 bridgehead atoms. The minimum Gasteiger partial charge on any atom is -0.418 e. The van der Waals surface area contributed by atoms with E-state index in [1.54, 1.807) is 0 Å². The highest BCUT2D eigenvalue weighted by atomic mass is 32.1. The van der Waals surface area contributed by atoms with Crippen LogP contribution in [0.4, 0.5) is 22.4 Å². The van der Waals surface area contributed by atoms with Crippen molar-refractivity contribution < 1.29 is 17.3 Å². The van der Waals surface area contributed by atoms with E-state index in [2.05, 4.69) is 96.4 Å². The maximum atomic E-state index is 9.75. The number of thiazole rings is 1. The Morgan fingerprint density at radius 1 is 0.667 bits per heavy atom. The Bertz CT molecular complexity index is 958. The summed E-state index contributed by atoms with van der Waals surface area (Å²) in [5, 5.41) is 6.60. The van der Waals surface area contributed by atoms with Gasteiger partial charge in [0.2, 0.25) is 5.44 Å². The molecular formula is C21H18BF4N2PS. The van der Waals surface area contributed by atoms with E-state index < -0.39 is 14.5 Å². The summed E-state index contributed by atoms with van der Waals surface area (Å²) in [6, 6.07) is 32.1. The number of aromatic nitrogens is 1. The third kappa shape index (κ3) is 5.07. The normalized spacial score (nSPS) is 11.5. The van der Waals surface area contributed by atoms with E-state index in [1.807, 2.05) is 0 Å². The van der Waals surface area contributed by atoms with E-state index in [9.17, 15) is 17.3 Å². The maximum Gasteiger partial charge on any atom is 0.673 e. The van der Waals surface area contributed by atoms with Crippen molar-refractivity contribution in [3.63, 3.8) is 0 Å². The second-order valence-electron chi connectivity index (χ2n) is 6.22. The molecular weight excluding hydrogens is 430 g/mol. The average Bonchev–Trinajstić information content (AvgIpc) is 3.16. The third-order valence-corrected chi connectivity index (χ3v) is 9.27. The highest BCUT2D eigenvalue weighted by Gasteiger charge is 2.49. The molecule has 154 valence electrons. The molecule has 30 heavy (non-hydrogen) atoms. The minimum absolute atomic E-state index is 0.613. The zero-order valence-electron chi connectivity index (χ0n) is 15.7. The van der Waals surface area contributed by atoms with Gasteiger partial charge in [-0.3, -0.25) is 0 Å². The van der Waals surface area contributed by atoms with E-state index in [0.717, 1.165) is 5.44 Å². The molecule has 0 atom stereocenters. The molecule has 9 heteroatoms. The van der Waals surface area contributed by atoms with Gasteiger partial charge in [-0.1, -0.05) is 54.6 Å². The van der Waals surface area contributed by atoms with E-state index in [4.69, 9.17) is 10.7 Å². The minimum atomic E-state index is -6.00. The van der Waals surface area contributed by atoms with Crippen LogP contribution in [-0.4, -0.2) is 12.2 Å². The summed E-state index contributed by atoms with van der Waals surface area (Å²) in [7, 11) is -8.07. The molecule has 0 spiro atoms. The molecule has 1 heterocycles. The Morgan fingerprint density at radius 3 is 1.27 bits per heavy atom. The first-order chi connectivity index (χ1) is 14.3. The third-order valence-electron chi connectivity index (χ3n) is 4.28. The van der Waals surface area contributed by atoms with Gasteiger partial charge >= 0.3 is 7.25 Å². The highest BCUT2D eigenvalue weighted by molar-refractivity contribution is 8.01. The Morgan fingerprint density at radius 2 is 1.00 bits per heavy atom. The zero-order valence-corrected chi connectivity index (χ0v) is 17.4. The lowest BCUT2D eigenvalue weighted by atomic mass is 10.3. The molecule has 0 aliphatic rings. The van der Waals surface area contributed by atoms with Crippen molar-refractivity contribution in [3.05, 3.63) is 96.4 Å². The molecule has 0 saturated heterocycles. The Balaban J connectivity index is 0.000000461. The van der Waals surface area contributed by atoms with Gasteiger partial charge < -0.3 is 23.0 Å². The van der Waals surface area contributed by atoms with Crippen molar-refractivity contribution in [1.29, 1.82) is 0 Å². The molecule has 0 saturated carbocycles. The predicted octanol–water partition coefficient (Wildman–Crippen LogP) is 4.64. The topological polar surface area (TPSA) is 38.9 Å². The van der Waals surface area contributed by atoms with Gasteiger partial charge in [0.05, 0.1) is 5.38 Å². The van der Waals surface area contributed by atoms with Crippen molar-refractivity contribution in [2.75, 3.05) is 5.73 Å². The van der Waals surface area contributed by atoms with Crippen molar-refractivity contribution in [2.24, 2.45) is 0 Å². The quantitative estimate of drug-likeness (QED) is 0.281. The molecule has 0 fully saturated rings. The smallest absolute Gasteiger partial charge is 0.418 e. The number of hydrogen-bond donors (Lipinski definition) is 1. The summed E-state index contributed by atoms with van der Waals surface area (Å²) in [6.07, 6.45) is 0. The first-order valence-corrected chi connectivity index (χ1v) is 11.6. The van der Waals surface area contributed by atoms with Crippen LogP contribution in [0.3, 0.4) is 0 Å². The number of nitrogens with two attached hydrogens (primary N) is 1. The molecule has 4 aromatic rings. The van der Waals surface area contributed by atoms with Crippen LogP contribution in [0.15, 0.2) is 96.4 Å². The van der Waals surface area contributed by atoms with Gasteiger partial charge in [-0.2, -0.15) is 4.98 Å². The summed E-state index contributed by atoms with van der Waals surface area (Å²) in [6.45, 7) is 0. The molecule has 2 nitrogen and oxygen atoms in total. The Hall–Kier alpha value is -2.70. The van der Waals surface area contributed by atoms with E-state index >= 15 is 0 Å². The van der Waals surface area contributed by atoms with E-state index in [0.29, 0.717) is 5.13 Å². The van der Waals surface area contributed by atoms with Crippen LogP contribution in [0.25, 0.3) is 0 Å². The van der Waals surface area contributed by atoms with Crippen LogP contribution in [0.2, 0.25) is 0 Å². The van der Waals surface area contributed by atoms with Gasteiger partial charge in [0, 0.05) is 0 Å². The number of benzene rings is 3. The zero-order chi connectivity index (χ0) is 21.6. The fourth-order valence-electron chi connectivity index (χ4n) is 3.23. The van der Waals surface area contributed by atoms with Crippen LogP contribution in [0, 0.1) is 0 Å². The van der Waals surface area contributed by atoms with E-state index in [1.165, 1.54) is 27.3 Å². The fraction of sp³-hybridized carbons (Fsp3) is 0. The van der Waals surface area contributed by atoms with Crippen LogP contribution in [0.5, 0.6) is 0 Å². The summed E-state index contributed by atoms with van der Waals surface area (Å²) in [4.78, 5) is 4.76. The molecule has 0 unspecified atom stereocenters. The van der Waals surface area contributed by atoms with E-state index in [-0.39, 0.29) is 0 Å². The standard InChI is InChI=1S/C21H18N2PS.BF4/c22-21-23-20(16-25-21)24(17-10-4-1-5-11-17,18-12-6-2-7-13-18)19-14-8-3-9-15-19;2-1(3,4)5/h1-16H,(H2,22,23);/q+1;-1. The number of nitrogens with zero attached hydrogens (tertiary/aromatic N) is 1. The number of hydrogen-bond acceptors (Lipinski definition) is 3. The van der Waals surface area contributed by atoms with Crippen LogP contribution in [0.1, 0.15) is 0 Å². The molecule has 3 aromatic carbocycles. The van der Waals surface area contributed by atoms with Gasteiger partial charge in [-0.05, 0) is 36.4 Å². The molecule has 0 radical (unpaired) electrons. The molecule has 1 aromatic heterocycles. The van der Waals surface area contributed by atoms with Gasteiger partial charge in [0.25, 0.3) is 0 Å².